The van der Waals surface area contributed by atoms with Crippen molar-refractivity contribution in [1.29, 1.82) is 0 Å². The van der Waals surface area contributed by atoms with E-state index in [0.29, 0.717) is 12.8 Å². The van der Waals surface area contributed by atoms with Crippen LogP contribution in [0.25, 0.3) is 0 Å². The van der Waals surface area contributed by atoms with E-state index in [1.54, 1.807) is 0 Å². The zero-order valence-corrected chi connectivity index (χ0v) is 20.9. The van der Waals surface area contributed by atoms with Crippen molar-refractivity contribution in [3.63, 3.8) is 0 Å². The number of carbonyl (C=O) groups excluding carboxylic acids is 1. The Morgan fingerprint density at radius 1 is 1.11 bits per heavy atom. The molecule has 9 nitrogen and oxygen atoms in total. The third-order valence-electron chi connectivity index (χ3n) is 9.66. The summed E-state index contributed by atoms with van der Waals surface area (Å²) in [5.41, 5.74) is -0.600. The second-order valence-corrected chi connectivity index (χ2v) is 11.9. The van der Waals surface area contributed by atoms with Gasteiger partial charge in [-0.2, -0.15) is 0 Å². The first kappa shape index (κ1) is 26.7. The molecule has 9 heteroatoms. The Morgan fingerprint density at radius 2 is 1.83 bits per heavy atom. The minimum atomic E-state index is -1.49. The van der Waals surface area contributed by atoms with E-state index < -0.39 is 48.7 Å². The lowest BCUT2D eigenvalue weighted by atomic mass is 9.45. The largest absolute Gasteiger partial charge is 0.481 e. The number of ketones is 1. The molecule has 3 fully saturated rings. The van der Waals surface area contributed by atoms with Gasteiger partial charge in [-0.05, 0) is 67.3 Å². The van der Waals surface area contributed by atoms with Gasteiger partial charge >= 0.3 is 5.97 Å². The predicted octanol–water partition coefficient (Wildman–Crippen LogP) is 1.41. The van der Waals surface area contributed by atoms with Crippen molar-refractivity contribution < 1.29 is 44.6 Å². The van der Waals surface area contributed by atoms with E-state index in [4.69, 9.17) is 9.47 Å². The zero-order chi connectivity index (χ0) is 25.8. The summed E-state index contributed by atoms with van der Waals surface area (Å²) in [4.78, 5) is 25.5. The number of hydrogen-bond acceptors (Lipinski definition) is 8. The van der Waals surface area contributed by atoms with Gasteiger partial charge in [0.1, 0.15) is 24.4 Å². The lowest BCUT2D eigenvalue weighted by molar-refractivity contribution is -0.301. The van der Waals surface area contributed by atoms with Crippen LogP contribution >= 0.6 is 0 Å². The second kappa shape index (κ2) is 9.50. The van der Waals surface area contributed by atoms with Gasteiger partial charge in [0, 0.05) is 6.42 Å². The maximum absolute atomic E-state index is 13.3. The smallest absolute Gasteiger partial charge is 0.309 e. The number of aliphatic hydroxyl groups excluding tert-OH is 4. The van der Waals surface area contributed by atoms with Crippen LogP contribution in [0.5, 0.6) is 0 Å². The van der Waals surface area contributed by atoms with Gasteiger partial charge in [-0.25, -0.2) is 0 Å². The second-order valence-electron chi connectivity index (χ2n) is 11.9. The number of carbonyl (C=O) groups is 2. The van der Waals surface area contributed by atoms with Gasteiger partial charge in [0.15, 0.2) is 12.1 Å². The van der Waals surface area contributed by atoms with Crippen LogP contribution in [-0.4, -0.2) is 81.2 Å². The number of aliphatic hydroxyl groups is 4. The average Bonchev–Trinajstić information content (AvgIpc) is 2.80. The Morgan fingerprint density at radius 3 is 2.49 bits per heavy atom. The average molecular weight is 497 g/mol. The minimum Gasteiger partial charge on any atom is -0.481 e. The molecule has 198 valence electrons. The standard InChI is InChI=1S/C26H40O9/c1-24(9-10-34-22-21(31)20(30)19(29)17(13-27)35-22)8-5-15-14(12-24)16(28)11-18-25(15,2)6-4-7-26(18,3)23(32)33/h12,15,17-22,27,29-31H,4-11,13H2,1-3H3,(H,32,33). The normalized spacial score (nSPS) is 48.0. The van der Waals surface area contributed by atoms with Crippen LogP contribution in [-0.2, 0) is 19.1 Å². The van der Waals surface area contributed by atoms with Crippen molar-refractivity contribution in [2.45, 2.75) is 96.4 Å². The summed E-state index contributed by atoms with van der Waals surface area (Å²) in [6, 6.07) is 0. The van der Waals surface area contributed by atoms with E-state index in [9.17, 15) is 35.1 Å². The SMILES string of the molecule is CC1(CCOC2OC(CO)C(O)C(O)C2O)C=C2C(=O)CC3C(C)(C(=O)O)CCCC3(C)C2CC1. The van der Waals surface area contributed by atoms with Gasteiger partial charge in [0.25, 0.3) is 0 Å². The van der Waals surface area contributed by atoms with E-state index in [2.05, 4.69) is 19.9 Å². The number of Topliss-reactive ketones (excluding diaryl/α,β-unsaturated/α-hetero) is 1. The molecule has 3 aliphatic carbocycles. The predicted molar refractivity (Wildman–Crippen MR) is 124 cm³/mol. The highest BCUT2D eigenvalue weighted by Crippen LogP contribution is 2.63. The van der Waals surface area contributed by atoms with Gasteiger partial charge in [0.2, 0.25) is 0 Å². The lowest BCUT2D eigenvalue weighted by Crippen LogP contribution is -2.59. The fraction of sp³-hybridized carbons (Fsp3) is 0.846. The molecule has 0 aromatic rings. The molecule has 0 bridgehead atoms. The van der Waals surface area contributed by atoms with Crippen molar-refractivity contribution >= 4 is 11.8 Å². The highest BCUT2D eigenvalue weighted by Gasteiger charge is 2.60. The Kier molecular flexibility index (Phi) is 7.25. The van der Waals surface area contributed by atoms with Gasteiger partial charge in [-0.1, -0.05) is 26.3 Å². The molecule has 1 heterocycles. The molecule has 0 amide bonds. The van der Waals surface area contributed by atoms with Crippen molar-refractivity contribution in [3.05, 3.63) is 11.6 Å². The summed E-state index contributed by atoms with van der Waals surface area (Å²) < 4.78 is 11.1. The summed E-state index contributed by atoms with van der Waals surface area (Å²) in [6.07, 6.45) is 0.316. The van der Waals surface area contributed by atoms with Crippen molar-refractivity contribution in [2.24, 2.45) is 28.1 Å². The van der Waals surface area contributed by atoms with E-state index in [0.717, 1.165) is 31.3 Å². The molecule has 2 saturated carbocycles. The fourth-order valence-electron chi connectivity index (χ4n) is 7.30. The number of fused-ring (bicyclic) bond motifs is 3. The minimum absolute atomic E-state index is 0.0483. The molecule has 5 N–H and O–H groups in total. The fourth-order valence-corrected chi connectivity index (χ4v) is 7.30. The Labute approximate surface area is 206 Å². The van der Waals surface area contributed by atoms with Crippen LogP contribution in [0.15, 0.2) is 11.6 Å². The van der Waals surface area contributed by atoms with Gasteiger partial charge in [0.05, 0.1) is 18.6 Å². The van der Waals surface area contributed by atoms with E-state index >= 15 is 0 Å². The third kappa shape index (κ3) is 4.49. The van der Waals surface area contributed by atoms with Crippen LogP contribution in [0.1, 0.15) is 65.7 Å². The number of hydrogen-bond donors (Lipinski definition) is 5. The topological polar surface area (TPSA) is 154 Å². The molecular weight excluding hydrogens is 456 g/mol. The molecule has 1 aliphatic heterocycles. The van der Waals surface area contributed by atoms with Crippen molar-refractivity contribution in [2.75, 3.05) is 13.2 Å². The van der Waals surface area contributed by atoms with Crippen LogP contribution in [0.2, 0.25) is 0 Å². The lowest BCUT2D eigenvalue weighted by Gasteiger charge is -2.58. The molecule has 10 atom stereocenters. The molecular formula is C26H40O9. The van der Waals surface area contributed by atoms with Crippen molar-refractivity contribution in [1.82, 2.24) is 0 Å². The van der Waals surface area contributed by atoms with Gasteiger partial charge in [-0.15, -0.1) is 0 Å². The van der Waals surface area contributed by atoms with Crippen LogP contribution in [0.4, 0.5) is 0 Å². The maximum atomic E-state index is 13.3. The van der Waals surface area contributed by atoms with E-state index in [1.807, 2.05) is 6.92 Å². The number of allylic oxidation sites excluding steroid dienone is 2. The number of ether oxygens (including phenoxy) is 2. The van der Waals surface area contributed by atoms with Crippen LogP contribution in [0, 0.1) is 28.1 Å². The first-order valence-corrected chi connectivity index (χ1v) is 12.8. The van der Waals surface area contributed by atoms with Gasteiger partial charge < -0.3 is 35.0 Å². The van der Waals surface area contributed by atoms with Gasteiger partial charge in [-0.3, -0.25) is 9.59 Å². The Balaban J connectivity index is 1.46. The van der Waals surface area contributed by atoms with E-state index in [1.165, 1.54) is 0 Å². The molecule has 4 rings (SSSR count). The number of carboxylic acid groups (broad SMARTS) is 1. The summed E-state index contributed by atoms with van der Waals surface area (Å²) in [6.45, 7) is 5.73. The Hall–Kier alpha value is -1.36. The molecule has 0 aromatic carbocycles. The number of rotatable bonds is 6. The van der Waals surface area contributed by atoms with Crippen LogP contribution in [0.3, 0.4) is 0 Å². The number of aliphatic carboxylic acids is 1. The highest BCUT2D eigenvalue weighted by molar-refractivity contribution is 5.98. The molecule has 1 saturated heterocycles. The summed E-state index contributed by atoms with van der Waals surface area (Å²) >= 11 is 0. The Bertz CT molecular complexity index is 871. The monoisotopic (exact) mass is 496 g/mol. The third-order valence-corrected chi connectivity index (χ3v) is 9.66. The first-order chi connectivity index (χ1) is 16.4. The first-order valence-electron chi connectivity index (χ1n) is 12.8. The summed E-state index contributed by atoms with van der Waals surface area (Å²) in [5, 5.41) is 49.4. The summed E-state index contributed by atoms with van der Waals surface area (Å²) in [7, 11) is 0. The zero-order valence-electron chi connectivity index (χ0n) is 20.9. The quantitative estimate of drug-likeness (QED) is 0.367. The van der Waals surface area contributed by atoms with E-state index in [-0.39, 0.29) is 41.5 Å². The maximum Gasteiger partial charge on any atom is 0.309 e. The summed E-state index contributed by atoms with van der Waals surface area (Å²) in [5.74, 6) is -0.880. The molecule has 4 aliphatic rings. The molecule has 10 unspecified atom stereocenters. The highest BCUT2D eigenvalue weighted by atomic mass is 16.7. The van der Waals surface area contributed by atoms with Crippen LogP contribution < -0.4 is 0 Å². The number of carboxylic acids is 1. The molecule has 35 heavy (non-hydrogen) atoms. The van der Waals surface area contributed by atoms with Crippen molar-refractivity contribution in [3.8, 4) is 0 Å². The molecule has 0 aromatic heterocycles. The molecule has 0 radical (unpaired) electrons. The molecule has 0 spiro atoms.